The van der Waals surface area contributed by atoms with Crippen LogP contribution < -0.4 is 16.4 Å². The predicted octanol–water partition coefficient (Wildman–Crippen LogP) is 15.9. The van der Waals surface area contributed by atoms with Crippen LogP contribution >= 0.6 is 15.9 Å². The monoisotopic (exact) mass is 1440 g/mol. The minimum absolute atomic E-state index is 0.200. The van der Waals surface area contributed by atoms with Crippen LogP contribution in [-0.2, 0) is 34.3 Å². The molecule has 23 nitrogen and oxygen atoms in total. The number of nitrogens with zero attached hydrogens (tertiary/aromatic N) is 9. The standard InChI is InChI=1S/C33H27FN4O3.C19H13BrFN3O3.C19H15FN4O3.C4H7N3/c1-21-35-18-29(41-21)25-15-9-14-24(30(25)34)28-16-26-27(33(39)40-2)17-36-32(31(26)37-28)38(19-22-10-5-3-6-11-22)20-23-12-7-4-8-13-23;1-9-22-8-15(27-9)11-5-3-4-10(16(11)21)14-6-12-13(19(25)26-2)7-23-18(20)17(12)24-14;1-9-22-8-15(27-9)11-5-3-4-10(16(11)20)14-6-12-13(19(25)26-2)7-23-18(21)17(12)24-14;1-7-3-2-4(5)6-7/h3-18,37H,19-20H2,1-2H3;3-8,24H,1-2H3;3-8,24H,1-2H3,(H2,21,23);2-3H,1H3,(H2,5,6). The van der Waals surface area contributed by atoms with Crippen molar-refractivity contribution in [3.05, 3.63) is 250 Å². The lowest BCUT2D eigenvalue weighted by Crippen LogP contribution is -2.24. The Bertz CT molecular complexity index is 5320. The molecule has 0 amide bonds. The van der Waals surface area contributed by atoms with Crippen LogP contribution in [0.15, 0.2) is 201 Å². The van der Waals surface area contributed by atoms with E-state index in [-0.39, 0.29) is 22.5 Å². The molecule has 27 heteroatoms. The number of rotatable bonds is 14. The van der Waals surface area contributed by atoms with E-state index < -0.39 is 35.4 Å². The SMILES string of the molecule is COC(=O)c1cnc(Br)c2[nH]c(-c3cccc(-c4cnc(C)o4)c3F)cc12.COC(=O)c1cnc(N(Cc2ccccc2)Cc2ccccc2)c2[nH]c(-c3cccc(-c4cnc(C)o4)c3F)cc12.COC(=O)c1cnc(N)c2[nH]c(-c3cccc(-c4cnc(C)o4)c3F)cc12.Cn1ccc(N)n1. The van der Waals surface area contributed by atoms with E-state index in [1.807, 2.05) is 43.4 Å². The molecule has 0 saturated heterocycles. The number of nitrogens with one attached hydrogen (secondary N) is 3. The van der Waals surface area contributed by atoms with Crippen molar-refractivity contribution < 1.29 is 55.0 Å². The number of pyridine rings is 3. The Hall–Kier alpha value is -12.9. The van der Waals surface area contributed by atoms with Crippen molar-refractivity contribution in [3.8, 4) is 67.7 Å². The molecule has 0 aliphatic carbocycles. The summed E-state index contributed by atoms with van der Waals surface area (Å²) in [7, 11) is 5.73. The smallest absolute Gasteiger partial charge is 0.340 e. The number of carbonyl (C=O) groups excluding carboxylic acids is 3. The number of carbonyl (C=O) groups is 3. The van der Waals surface area contributed by atoms with Crippen molar-refractivity contribution in [2.75, 3.05) is 37.7 Å². The molecule has 10 heterocycles. The van der Waals surface area contributed by atoms with E-state index in [1.54, 1.807) is 111 Å². The van der Waals surface area contributed by atoms with Gasteiger partial charge in [-0.1, -0.05) is 78.9 Å². The largest absolute Gasteiger partial charge is 0.465 e. The number of aryl methyl sites for hydroxylation is 4. The van der Waals surface area contributed by atoms with E-state index in [0.717, 1.165) is 11.1 Å². The number of halogens is 4. The van der Waals surface area contributed by atoms with Crippen LogP contribution in [0.2, 0.25) is 0 Å². The van der Waals surface area contributed by atoms with Crippen LogP contribution in [0.5, 0.6) is 0 Å². The van der Waals surface area contributed by atoms with Crippen LogP contribution in [-0.4, -0.2) is 93.9 Å². The van der Waals surface area contributed by atoms with Crippen LogP contribution in [0.25, 0.3) is 100 Å². The van der Waals surface area contributed by atoms with Gasteiger partial charge in [0.1, 0.15) is 33.7 Å². The van der Waals surface area contributed by atoms with Gasteiger partial charge in [0.15, 0.2) is 40.8 Å². The lowest BCUT2D eigenvalue weighted by molar-refractivity contribution is 0.0593. The molecule has 15 rings (SSSR count). The van der Waals surface area contributed by atoms with Crippen LogP contribution in [0.4, 0.5) is 30.6 Å². The molecule has 5 aromatic carbocycles. The van der Waals surface area contributed by atoms with E-state index in [4.69, 9.17) is 43.9 Å². The Labute approximate surface area is 587 Å². The summed E-state index contributed by atoms with van der Waals surface area (Å²) in [4.78, 5) is 73.4. The number of nitrogens with two attached hydrogens (primary N) is 2. The molecule has 7 N–H and O–H groups in total. The number of methoxy groups -OCH3 is 3. The summed E-state index contributed by atoms with van der Waals surface area (Å²) >= 11 is 3.35. The minimum Gasteiger partial charge on any atom is -0.465 e. The molecular formula is C75H62BrF3N14O9. The molecule has 0 aliphatic rings. The quantitative estimate of drug-likeness (QED) is 0.0384. The third-order valence-corrected chi connectivity index (χ3v) is 16.8. The van der Waals surface area contributed by atoms with Gasteiger partial charge in [0, 0.05) is 116 Å². The third kappa shape index (κ3) is 14.6. The third-order valence-electron chi connectivity index (χ3n) is 16.2. The summed E-state index contributed by atoms with van der Waals surface area (Å²) in [5, 5.41) is 5.48. The molecule has 0 saturated carbocycles. The van der Waals surface area contributed by atoms with Gasteiger partial charge in [-0.2, -0.15) is 5.10 Å². The number of oxazole rings is 3. The van der Waals surface area contributed by atoms with Gasteiger partial charge in [-0.25, -0.2) is 57.5 Å². The number of aromatic nitrogens is 11. The van der Waals surface area contributed by atoms with Crippen molar-refractivity contribution in [2.24, 2.45) is 7.05 Å². The zero-order valence-electron chi connectivity index (χ0n) is 55.6. The Kier molecular flexibility index (Phi) is 20.3. The Morgan fingerprint density at radius 3 is 1.23 bits per heavy atom. The van der Waals surface area contributed by atoms with Crippen LogP contribution in [0.1, 0.15) is 59.9 Å². The fourth-order valence-electron chi connectivity index (χ4n) is 11.3. The molecule has 0 aliphatic heterocycles. The second kappa shape index (κ2) is 30.1. The van der Waals surface area contributed by atoms with E-state index in [0.29, 0.717) is 147 Å². The summed E-state index contributed by atoms with van der Waals surface area (Å²) in [6, 6.07) is 42.1. The van der Waals surface area contributed by atoms with Crippen molar-refractivity contribution in [1.82, 2.24) is 54.6 Å². The van der Waals surface area contributed by atoms with E-state index in [9.17, 15) is 14.4 Å². The number of hydrogen-bond acceptors (Lipinski definition) is 19. The zero-order chi connectivity index (χ0) is 71.9. The minimum atomic E-state index is -0.551. The highest BCUT2D eigenvalue weighted by Crippen LogP contribution is 2.40. The van der Waals surface area contributed by atoms with Gasteiger partial charge in [0.05, 0.1) is 89.9 Å². The molecule has 0 unspecified atom stereocenters. The van der Waals surface area contributed by atoms with E-state index >= 15 is 13.2 Å². The van der Waals surface area contributed by atoms with Crippen molar-refractivity contribution >= 4 is 84.0 Å². The van der Waals surface area contributed by atoms with Gasteiger partial charge in [-0.15, -0.1) is 0 Å². The maximum atomic E-state index is 15.9. The number of fused-ring (bicyclic) bond motifs is 3. The number of H-pyrrole nitrogens is 3. The zero-order valence-corrected chi connectivity index (χ0v) is 57.2. The number of benzene rings is 5. The Balaban J connectivity index is 0.000000141. The van der Waals surface area contributed by atoms with Crippen molar-refractivity contribution in [1.29, 1.82) is 0 Å². The van der Waals surface area contributed by atoms with Gasteiger partial charge in [-0.05, 0) is 87.7 Å². The predicted molar refractivity (Wildman–Crippen MR) is 382 cm³/mol. The number of ether oxygens (including phenoxy) is 3. The molecule has 102 heavy (non-hydrogen) atoms. The van der Waals surface area contributed by atoms with Crippen molar-refractivity contribution in [3.63, 3.8) is 0 Å². The molecule has 15 aromatic rings. The number of esters is 3. The molecule has 0 bridgehead atoms. The first-order valence-electron chi connectivity index (χ1n) is 31.2. The summed E-state index contributed by atoms with van der Waals surface area (Å²) in [6.45, 7) is 6.23. The topological polar surface area (TPSA) is 316 Å². The van der Waals surface area contributed by atoms with Crippen molar-refractivity contribution in [2.45, 2.75) is 33.9 Å². The lowest BCUT2D eigenvalue weighted by Gasteiger charge is -2.25. The average molecular weight is 1440 g/mol. The first-order chi connectivity index (χ1) is 49.3. The summed E-state index contributed by atoms with van der Waals surface area (Å²) in [6.07, 6.45) is 10.5. The second-order valence-electron chi connectivity index (χ2n) is 22.9. The molecule has 0 spiro atoms. The fraction of sp³-hybridized carbons (Fsp3) is 0.120. The normalized spacial score (nSPS) is 11.0. The van der Waals surface area contributed by atoms with Gasteiger partial charge in [0.25, 0.3) is 0 Å². The maximum absolute atomic E-state index is 15.9. The fourth-order valence-corrected chi connectivity index (χ4v) is 11.7. The average Bonchev–Trinajstić information content (AvgIpc) is 1.62. The Morgan fingerprint density at radius 2 is 0.853 bits per heavy atom. The highest BCUT2D eigenvalue weighted by atomic mass is 79.9. The maximum Gasteiger partial charge on any atom is 0.340 e. The molecule has 0 fully saturated rings. The number of hydrogen-bond donors (Lipinski definition) is 5. The van der Waals surface area contributed by atoms with Gasteiger partial charge < -0.3 is 58.8 Å². The van der Waals surface area contributed by atoms with Gasteiger partial charge >= 0.3 is 17.9 Å². The van der Waals surface area contributed by atoms with Gasteiger partial charge in [-0.3, -0.25) is 4.68 Å². The summed E-state index contributed by atoms with van der Waals surface area (Å²) in [5.74, 6) is 0.789. The summed E-state index contributed by atoms with van der Waals surface area (Å²) < 4.78 is 79.5. The first kappa shape index (κ1) is 69.0. The van der Waals surface area contributed by atoms with E-state index in [1.165, 1.54) is 58.5 Å². The Morgan fingerprint density at radius 1 is 0.480 bits per heavy atom. The number of nitrogen functional groups attached to an aromatic ring is 2. The molecule has 10 aromatic heterocycles. The molecule has 0 atom stereocenters. The molecular weight excluding hydrogens is 1380 g/mol. The molecule has 0 radical (unpaired) electrons. The van der Waals surface area contributed by atoms with Gasteiger partial charge in [0.2, 0.25) is 0 Å². The van der Waals surface area contributed by atoms with Crippen LogP contribution in [0, 0.1) is 38.2 Å². The van der Waals surface area contributed by atoms with E-state index in [2.05, 4.69) is 90.1 Å². The number of anilines is 3. The highest BCUT2D eigenvalue weighted by molar-refractivity contribution is 9.10. The lowest BCUT2D eigenvalue weighted by atomic mass is 10.0. The van der Waals surface area contributed by atoms with Crippen LogP contribution in [0.3, 0.4) is 0 Å². The second-order valence-corrected chi connectivity index (χ2v) is 23.6. The number of aromatic amines is 3. The first-order valence-corrected chi connectivity index (χ1v) is 32.0. The summed E-state index contributed by atoms with van der Waals surface area (Å²) in [5.41, 5.74) is 19.1. The highest BCUT2D eigenvalue weighted by Gasteiger charge is 2.26. The molecule has 514 valence electrons.